The first-order valence-electron chi connectivity index (χ1n) is 20.0. The van der Waals surface area contributed by atoms with Gasteiger partial charge in [0.05, 0.1) is 23.9 Å². The zero-order valence-electron chi connectivity index (χ0n) is 32.1. The Kier molecular flexibility index (Phi) is 10.1. The maximum Gasteiger partial charge on any atom is 0.408 e. The van der Waals surface area contributed by atoms with E-state index < -0.39 is 79.8 Å². The minimum atomic E-state index is -4.05. The third-order valence-electron chi connectivity index (χ3n) is 12.9. The van der Waals surface area contributed by atoms with E-state index in [0.29, 0.717) is 54.3 Å². The van der Waals surface area contributed by atoms with Crippen LogP contribution in [0.4, 0.5) is 13.6 Å². The largest absolute Gasteiger partial charge is 0.497 e. The van der Waals surface area contributed by atoms with Crippen molar-refractivity contribution in [3.8, 4) is 11.5 Å². The average molecular weight is 814 g/mol. The molecule has 14 nitrogen and oxygen atoms in total. The number of halogens is 2. The minimum absolute atomic E-state index is 0.117. The third kappa shape index (κ3) is 7.40. The maximum atomic E-state index is 14.7. The van der Waals surface area contributed by atoms with E-state index in [2.05, 4.69) is 20.3 Å². The van der Waals surface area contributed by atoms with Crippen molar-refractivity contribution >= 4 is 44.7 Å². The lowest BCUT2D eigenvalue weighted by Crippen LogP contribution is -2.58. The molecule has 308 valence electrons. The Morgan fingerprint density at radius 1 is 1.07 bits per heavy atom. The molecule has 57 heavy (non-hydrogen) atoms. The van der Waals surface area contributed by atoms with E-state index in [9.17, 15) is 36.4 Å². The highest BCUT2D eigenvalue weighted by molar-refractivity contribution is 7.91. The van der Waals surface area contributed by atoms with E-state index in [4.69, 9.17) is 14.2 Å². The van der Waals surface area contributed by atoms with Crippen molar-refractivity contribution in [3.05, 3.63) is 41.6 Å². The van der Waals surface area contributed by atoms with Crippen molar-refractivity contribution in [2.45, 2.75) is 137 Å². The second kappa shape index (κ2) is 14.7. The number of benzene rings is 1. The number of nitrogens with one attached hydrogen (secondary N) is 3. The SMILES string of the molecule is COc1ccc2nc(C(F)F)c3c(c2c1)CC[C@]1(C[C@H]2C(=O)N[C@]4(C(=O)NS(=O)(=O)C5(C)CC5)C[C@H]4/C=C\CCCCC[C@H](NC(=O)OC4CCC4)C(=O)N2C1)O3. The molecule has 1 saturated heterocycles. The van der Waals surface area contributed by atoms with Gasteiger partial charge in [-0.05, 0) is 95.8 Å². The Morgan fingerprint density at radius 3 is 2.56 bits per heavy atom. The van der Waals surface area contributed by atoms with Gasteiger partial charge in [0.2, 0.25) is 21.8 Å². The highest BCUT2D eigenvalue weighted by Gasteiger charge is 2.64. The minimum Gasteiger partial charge on any atom is -0.497 e. The molecule has 3 saturated carbocycles. The molecule has 4 fully saturated rings. The standard InChI is InChI=1S/C40H49F2N5O9S/c1-38(17-18-38)57(52,53)46-36(50)40-20-23(40)9-6-4-3-5-7-12-29(44-37(51)55-24-10-8-11-24)35(49)47-22-39(21-30(47)34(48)45-40)16-15-26-27-19-25(54-2)13-14-28(27)43-31(33(41)42)32(26)56-39/h6,9,13-14,19,23-24,29-30,33H,3-5,7-8,10-12,15-18,20-22H2,1-2H3,(H,44,51)(H,45,48)(H,46,50)/b9-6-/t23-,29+,30+,39-,40-/m1/s1. The molecule has 4 amide bonds. The van der Waals surface area contributed by atoms with Crippen LogP contribution in [-0.4, -0.2) is 89.8 Å². The van der Waals surface area contributed by atoms with E-state index in [-0.39, 0.29) is 50.5 Å². The average Bonchev–Trinajstić information content (AvgIpc) is 4.05. The summed E-state index contributed by atoms with van der Waals surface area (Å²) in [6.45, 7) is 1.37. The number of allylic oxidation sites excluding steroid dienone is 1. The van der Waals surface area contributed by atoms with Gasteiger partial charge in [0.25, 0.3) is 12.3 Å². The molecule has 0 unspecified atom stereocenters. The molecule has 1 spiro atoms. The quantitative estimate of drug-likeness (QED) is 0.326. The predicted molar refractivity (Wildman–Crippen MR) is 202 cm³/mol. The monoisotopic (exact) mass is 813 g/mol. The fraction of sp³-hybridized carbons (Fsp3) is 0.625. The summed E-state index contributed by atoms with van der Waals surface area (Å²) in [5.74, 6) is -2.28. The highest BCUT2D eigenvalue weighted by Crippen LogP contribution is 2.50. The second-order valence-corrected chi connectivity index (χ2v) is 19.0. The Morgan fingerprint density at radius 2 is 1.86 bits per heavy atom. The highest BCUT2D eigenvalue weighted by atomic mass is 32.2. The second-order valence-electron chi connectivity index (χ2n) is 16.8. The molecular formula is C40H49F2N5O9S. The fourth-order valence-corrected chi connectivity index (χ4v) is 9.94. The van der Waals surface area contributed by atoms with Gasteiger partial charge in [0.1, 0.15) is 40.8 Å². The topological polar surface area (TPSA) is 182 Å². The molecule has 1 aromatic heterocycles. The number of carbonyl (C=O) groups excluding carboxylic acids is 4. The Labute approximate surface area is 329 Å². The van der Waals surface area contributed by atoms with Crippen LogP contribution in [0.5, 0.6) is 11.5 Å². The lowest BCUT2D eigenvalue weighted by Gasteiger charge is -2.37. The number of pyridine rings is 1. The summed E-state index contributed by atoms with van der Waals surface area (Å²) in [6.07, 6.45) is 6.38. The number of carbonyl (C=O) groups is 4. The van der Waals surface area contributed by atoms with Crippen molar-refractivity contribution < 1.29 is 50.6 Å². The van der Waals surface area contributed by atoms with E-state index >= 15 is 0 Å². The summed E-state index contributed by atoms with van der Waals surface area (Å²) >= 11 is 0. The third-order valence-corrected chi connectivity index (χ3v) is 15.0. The lowest BCUT2D eigenvalue weighted by molar-refractivity contribution is -0.141. The molecule has 3 aliphatic carbocycles. The van der Waals surface area contributed by atoms with Crippen LogP contribution in [-0.2, 0) is 35.6 Å². The van der Waals surface area contributed by atoms with Crippen LogP contribution in [0.3, 0.4) is 0 Å². The van der Waals surface area contributed by atoms with E-state index in [1.54, 1.807) is 25.1 Å². The van der Waals surface area contributed by atoms with Gasteiger partial charge in [-0.15, -0.1) is 0 Å². The Bertz CT molecular complexity index is 2130. The van der Waals surface area contributed by atoms with Crippen LogP contribution in [0.1, 0.15) is 108 Å². The molecular weight excluding hydrogens is 765 g/mol. The van der Waals surface area contributed by atoms with Crippen molar-refractivity contribution in [3.63, 3.8) is 0 Å². The fourth-order valence-electron chi connectivity index (χ4n) is 8.63. The molecule has 2 aromatic rings. The number of aromatic nitrogens is 1. The number of alkyl carbamates (subject to hydrolysis) is 1. The molecule has 5 atom stereocenters. The Balaban J connectivity index is 1.15. The first-order chi connectivity index (χ1) is 27.2. The van der Waals surface area contributed by atoms with Crippen molar-refractivity contribution in [1.29, 1.82) is 0 Å². The number of alkyl halides is 2. The van der Waals surface area contributed by atoms with Crippen LogP contribution in [0.25, 0.3) is 10.9 Å². The maximum absolute atomic E-state index is 14.7. The first-order valence-corrected chi connectivity index (χ1v) is 21.5. The van der Waals surface area contributed by atoms with Crippen LogP contribution in [0, 0.1) is 5.92 Å². The van der Waals surface area contributed by atoms with E-state index in [0.717, 1.165) is 25.7 Å². The number of aryl methyl sites for hydroxylation is 1. The van der Waals surface area contributed by atoms with Crippen LogP contribution < -0.4 is 24.8 Å². The summed E-state index contributed by atoms with van der Waals surface area (Å²) in [6, 6.07) is 2.60. The number of rotatable bonds is 7. The normalized spacial score (nSPS) is 30.3. The van der Waals surface area contributed by atoms with Gasteiger partial charge in [0.15, 0.2) is 5.75 Å². The molecule has 17 heteroatoms. The van der Waals surface area contributed by atoms with E-state index in [1.807, 2.05) is 12.2 Å². The predicted octanol–water partition coefficient (Wildman–Crippen LogP) is 4.89. The molecule has 6 aliphatic rings. The zero-order valence-corrected chi connectivity index (χ0v) is 32.9. The number of amides is 4. The van der Waals surface area contributed by atoms with Crippen LogP contribution in [0.15, 0.2) is 30.4 Å². The molecule has 8 rings (SSSR count). The van der Waals surface area contributed by atoms with Gasteiger partial charge in [-0.3, -0.25) is 19.1 Å². The summed E-state index contributed by atoms with van der Waals surface area (Å²) in [7, 11) is -2.55. The molecule has 4 heterocycles. The van der Waals surface area contributed by atoms with Crippen molar-refractivity contribution in [2.75, 3.05) is 13.7 Å². The zero-order chi connectivity index (χ0) is 40.3. The summed E-state index contributed by atoms with van der Waals surface area (Å²) in [5.41, 5.74) is -2.64. The van der Waals surface area contributed by atoms with Gasteiger partial charge in [-0.2, -0.15) is 0 Å². The molecule has 0 radical (unpaired) electrons. The van der Waals surface area contributed by atoms with Gasteiger partial charge in [-0.1, -0.05) is 25.0 Å². The van der Waals surface area contributed by atoms with Crippen molar-refractivity contribution in [2.24, 2.45) is 5.92 Å². The van der Waals surface area contributed by atoms with Gasteiger partial charge in [-0.25, -0.2) is 27.0 Å². The number of nitrogens with zero attached hydrogens (tertiary/aromatic N) is 2. The molecule has 1 aromatic carbocycles. The smallest absolute Gasteiger partial charge is 0.408 e. The summed E-state index contributed by atoms with van der Waals surface area (Å²) in [4.78, 5) is 62.0. The molecule has 0 bridgehead atoms. The first kappa shape index (κ1) is 39.3. The number of hydrogen-bond acceptors (Lipinski definition) is 10. The Hall–Kier alpha value is -4.54. The summed E-state index contributed by atoms with van der Waals surface area (Å²) < 4.78 is 74.5. The van der Waals surface area contributed by atoms with Gasteiger partial charge in [0, 0.05) is 23.3 Å². The van der Waals surface area contributed by atoms with Crippen molar-refractivity contribution in [1.82, 2.24) is 25.2 Å². The number of hydrogen-bond donors (Lipinski definition) is 3. The molecule has 3 aliphatic heterocycles. The van der Waals surface area contributed by atoms with E-state index in [1.165, 1.54) is 12.0 Å². The number of sulfonamides is 1. The lowest BCUT2D eigenvalue weighted by atomic mass is 9.87. The van der Waals surface area contributed by atoms with Gasteiger partial charge >= 0.3 is 6.09 Å². The summed E-state index contributed by atoms with van der Waals surface area (Å²) in [5, 5.41) is 6.18. The molecule has 3 N–H and O–H groups in total. The van der Waals surface area contributed by atoms with Crippen LogP contribution in [0.2, 0.25) is 0 Å². The number of ether oxygens (including phenoxy) is 3. The van der Waals surface area contributed by atoms with Crippen LogP contribution >= 0.6 is 0 Å². The number of fused-ring (bicyclic) bond motifs is 5. The van der Waals surface area contributed by atoms with Gasteiger partial charge < -0.3 is 29.7 Å². The number of methoxy groups -OCH3 is 1.